The summed E-state index contributed by atoms with van der Waals surface area (Å²) in [4.78, 5) is 0. The van der Waals surface area contributed by atoms with Crippen LogP contribution in [0.15, 0.2) is 0 Å². The predicted molar refractivity (Wildman–Crippen MR) is 41.6 cm³/mol. The van der Waals surface area contributed by atoms with E-state index in [2.05, 4.69) is 0 Å². The third kappa shape index (κ3) is 3.25. The van der Waals surface area contributed by atoms with Crippen LogP contribution in [0.3, 0.4) is 0 Å². The van der Waals surface area contributed by atoms with E-state index in [9.17, 15) is 8.42 Å². The molecule has 0 aliphatic rings. The molecular formula is C3H5Cl3O3S. The van der Waals surface area contributed by atoms with Gasteiger partial charge in [0.2, 0.25) is 0 Å². The molecule has 0 saturated carbocycles. The minimum Gasteiger partial charge on any atom is -0.284 e. The summed E-state index contributed by atoms with van der Waals surface area (Å²) in [5.41, 5.74) is 0. The van der Waals surface area contributed by atoms with Gasteiger partial charge in [-0.2, -0.15) is 8.42 Å². The zero-order valence-corrected chi connectivity index (χ0v) is 7.75. The normalized spacial score (nSPS) is 18.4. The van der Waals surface area contributed by atoms with Crippen LogP contribution in [0, 0.1) is 0 Å². The van der Waals surface area contributed by atoms with Crippen molar-refractivity contribution >= 4 is 44.9 Å². The summed E-state index contributed by atoms with van der Waals surface area (Å²) in [5.74, 6) is -0.129. The molecule has 0 bridgehead atoms. The first-order valence-electron chi connectivity index (χ1n) is 2.20. The van der Waals surface area contributed by atoms with E-state index in [1.54, 1.807) is 0 Å². The highest BCUT2D eigenvalue weighted by molar-refractivity contribution is 7.87. The van der Waals surface area contributed by atoms with Gasteiger partial charge in [0.1, 0.15) is 0 Å². The zero-order chi connectivity index (χ0) is 8.36. The van der Waals surface area contributed by atoms with Crippen molar-refractivity contribution in [1.82, 2.24) is 0 Å². The van der Waals surface area contributed by atoms with Crippen LogP contribution in [0.5, 0.6) is 0 Å². The van der Waals surface area contributed by atoms with Gasteiger partial charge in [-0.15, -0.1) is 34.8 Å². The fourth-order valence-corrected chi connectivity index (χ4v) is 1.58. The van der Waals surface area contributed by atoms with Gasteiger partial charge in [0.25, 0.3) is 10.1 Å². The molecule has 0 aromatic carbocycles. The summed E-state index contributed by atoms with van der Waals surface area (Å²) in [5, 5.41) is -0.974. The summed E-state index contributed by atoms with van der Waals surface area (Å²) < 4.78 is 27.2. The Labute approximate surface area is 74.0 Å². The standard InChI is InChI=1S/C3H5Cl3O3S/c4-1-2(5)3(6)10(7,8)9/h2-3H,1H2,(H,7,8,9). The van der Waals surface area contributed by atoms with Gasteiger partial charge in [0.15, 0.2) is 4.71 Å². The molecule has 0 heterocycles. The molecule has 0 rings (SSSR count). The number of alkyl halides is 3. The second kappa shape index (κ2) is 3.97. The number of rotatable bonds is 3. The van der Waals surface area contributed by atoms with Gasteiger partial charge in [-0.3, -0.25) is 4.55 Å². The van der Waals surface area contributed by atoms with Crippen LogP contribution in [0.4, 0.5) is 0 Å². The molecule has 10 heavy (non-hydrogen) atoms. The summed E-state index contributed by atoms with van der Waals surface area (Å²) in [6.45, 7) is 0. The maximum Gasteiger partial charge on any atom is 0.283 e. The zero-order valence-electron chi connectivity index (χ0n) is 4.67. The average molecular weight is 227 g/mol. The lowest BCUT2D eigenvalue weighted by Crippen LogP contribution is -2.25. The van der Waals surface area contributed by atoms with Crippen LogP contribution in [-0.4, -0.2) is 28.9 Å². The topological polar surface area (TPSA) is 54.4 Å². The molecule has 62 valence electrons. The van der Waals surface area contributed by atoms with Crippen molar-refractivity contribution in [2.45, 2.75) is 10.1 Å². The molecule has 0 aromatic rings. The first kappa shape index (κ1) is 10.8. The Hall–Kier alpha value is 0.780. The molecule has 0 radical (unpaired) electrons. The van der Waals surface area contributed by atoms with Gasteiger partial charge in [0.05, 0.1) is 5.38 Å². The summed E-state index contributed by atoms with van der Waals surface area (Å²) >= 11 is 15.6. The molecule has 2 unspecified atom stereocenters. The third-order valence-corrected chi connectivity index (χ3v) is 3.77. The Balaban J connectivity index is 4.23. The first-order valence-corrected chi connectivity index (χ1v) is 5.11. The number of halogens is 3. The van der Waals surface area contributed by atoms with Crippen LogP contribution in [0.25, 0.3) is 0 Å². The maximum absolute atomic E-state index is 10.2. The second-order valence-electron chi connectivity index (χ2n) is 1.54. The molecule has 1 N–H and O–H groups in total. The lowest BCUT2D eigenvalue weighted by molar-refractivity contribution is 0.478. The molecule has 0 spiro atoms. The Kier molecular flexibility index (Phi) is 4.28. The smallest absolute Gasteiger partial charge is 0.283 e. The van der Waals surface area contributed by atoms with Crippen molar-refractivity contribution < 1.29 is 13.0 Å². The molecule has 0 aliphatic heterocycles. The van der Waals surface area contributed by atoms with Gasteiger partial charge in [0, 0.05) is 5.88 Å². The second-order valence-corrected chi connectivity index (χ2v) is 4.67. The van der Waals surface area contributed by atoms with Crippen molar-refractivity contribution in [3.63, 3.8) is 0 Å². The van der Waals surface area contributed by atoms with Gasteiger partial charge in [-0.05, 0) is 0 Å². The van der Waals surface area contributed by atoms with Crippen LogP contribution in [0.2, 0.25) is 0 Å². The maximum atomic E-state index is 10.2. The summed E-state index contributed by atoms with van der Waals surface area (Å²) in [6, 6.07) is 0. The van der Waals surface area contributed by atoms with E-state index in [0.717, 1.165) is 0 Å². The Morgan fingerprint density at radius 1 is 1.40 bits per heavy atom. The SMILES string of the molecule is O=S(=O)(O)C(Cl)C(Cl)CCl. The molecular weight excluding hydrogens is 222 g/mol. The van der Waals surface area contributed by atoms with Crippen molar-refractivity contribution in [1.29, 1.82) is 0 Å². The third-order valence-electron chi connectivity index (χ3n) is 0.716. The van der Waals surface area contributed by atoms with Crippen LogP contribution in [-0.2, 0) is 10.1 Å². The summed E-state index contributed by atoms with van der Waals surface area (Å²) in [6.07, 6.45) is 0. The molecule has 2 atom stereocenters. The quantitative estimate of drug-likeness (QED) is 0.584. The van der Waals surface area contributed by atoms with E-state index < -0.39 is 20.2 Å². The Morgan fingerprint density at radius 3 is 1.90 bits per heavy atom. The molecule has 0 saturated heterocycles. The molecule has 0 amide bonds. The van der Waals surface area contributed by atoms with Gasteiger partial charge in [-0.1, -0.05) is 0 Å². The van der Waals surface area contributed by atoms with Crippen molar-refractivity contribution in [3.8, 4) is 0 Å². The van der Waals surface area contributed by atoms with E-state index >= 15 is 0 Å². The van der Waals surface area contributed by atoms with E-state index in [4.69, 9.17) is 39.4 Å². The van der Waals surface area contributed by atoms with E-state index in [1.165, 1.54) is 0 Å². The van der Waals surface area contributed by atoms with Crippen LogP contribution in [0.1, 0.15) is 0 Å². The fraction of sp³-hybridized carbons (Fsp3) is 1.00. The van der Waals surface area contributed by atoms with Crippen LogP contribution >= 0.6 is 34.8 Å². The molecule has 0 fully saturated rings. The molecule has 7 heteroatoms. The largest absolute Gasteiger partial charge is 0.284 e. The van der Waals surface area contributed by atoms with E-state index in [-0.39, 0.29) is 5.88 Å². The highest BCUT2D eigenvalue weighted by atomic mass is 35.5. The molecule has 0 aliphatic carbocycles. The van der Waals surface area contributed by atoms with Gasteiger partial charge < -0.3 is 0 Å². The minimum atomic E-state index is -4.27. The van der Waals surface area contributed by atoms with Crippen molar-refractivity contribution in [2.75, 3.05) is 5.88 Å². The van der Waals surface area contributed by atoms with E-state index in [0.29, 0.717) is 0 Å². The lowest BCUT2D eigenvalue weighted by atomic mass is 10.5. The van der Waals surface area contributed by atoms with Crippen LogP contribution < -0.4 is 0 Å². The number of hydrogen-bond acceptors (Lipinski definition) is 2. The molecule has 3 nitrogen and oxygen atoms in total. The predicted octanol–water partition coefficient (Wildman–Crippen LogP) is 1.29. The van der Waals surface area contributed by atoms with Crippen molar-refractivity contribution in [2.24, 2.45) is 0 Å². The first-order chi connectivity index (χ1) is 4.39. The minimum absolute atomic E-state index is 0.129. The highest BCUT2D eigenvalue weighted by Crippen LogP contribution is 2.16. The monoisotopic (exact) mass is 226 g/mol. The van der Waals surface area contributed by atoms with Gasteiger partial charge >= 0.3 is 0 Å². The lowest BCUT2D eigenvalue weighted by Gasteiger charge is -2.08. The Morgan fingerprint density at radius 2 is 1.80 bits per heavy atom. The van der Waals surface area contributed by atoms with Crippen molar-refractivity contribution in [3.05, 3.63) is 0 Å². The summed E-state index contributed by atoms with van der Waals surface area (Å²) in [7, 11) is -4.27. The fourth-order valence-electron chi connectivity index (χ4n) is 0.257. The Bertz CT molecular complexity index is 189. The van der Waals surface area contributed by atoms with Gasteiger partial charge in [-0.25, -0.2) is 0 Å². The highest BCUT2D eigenvalue weighted by Gasteiger charge is 2.27. The molecule has 0 aromatic heterocycles. The average Bonchev–Trinajstić information content (AvgIpc) is 1.83. The van der Waals surface area contributed by atoms with E-state index in [1.807, 2.05) is 0 Å². The number of hydrogen-bond donors (Lipinski definition) is 1.